The van der Waals surface area contributed by atoms with E-state index in [9.17, 15) is 13.2 Å². The predicted octanol–water partition coefficient (Wildman–Crippen LogP) is 4.84. The average Bonchev–Trinajstić information content (AvgIpc) is 2.80. The van der Waals surface area contributed by atoms with E-state index in [0.717, 1.165) is 6.07 Å². The highest BCUT2D eigenvalue weighted by Crippen LogP contribution is 2.28. The summed E-state index contributed by atoms with van der Waals surface area (Å²) in [5.74, 6) is -3.12. The molecule has 0 N–H and O–H groups in total. The number of nitrogens with zero attached hydrogens (tertiary/aromatic N) is 2. The zero-order valence-corrected chi connectivity index (χ0v) is 11.9. The lowest BCUT2D eigenvalue weighted by molar-refractivity contribution is 0.490. The first-order valence-corrected chi connectivity index (χ1v) is 6.80. The predicted molar refractivity (Wildman–Crippen MR) is 75.5 cm³/mol. The number of aromatic nitrogens is 2. The normalized spacial score (nSPS) is 11.3. The molecule has 108 valence electrons. The van der Waals surface area contributed by atoms with Crippen LogP contribution in [0.3, 0.4) is 0 Å². The fourth-order valence-electron chi connectivity index (χ4n) is 2.17. The van der Waals surface area contributed by atoms with E-state index in [1.165, 1.54) is 4.57 Å². The smallest absolute Gasteiger partial charge is 0.183 e. The van der Waals surface area contributed by atoms with E-state index in [-0.39, 0.29) is 17.4 Å². The molecule has 0 fully saturated rings. The van der Waals surface area contributed by atoms with Crippen molar-refractivity contribution >= 4 is 34.2 Å². The number of imidazole rings is 1. The van der Waals surface area contributed by atoms with Crippen LogP contribution >= 0.6 is 23.2 Å². The van der Waals surface area contributed by atoms with Gasteiger partial charge in [-0.2, -0.15) is 0 Å². The molecule has 0 unspecified atom stereocenters. The first-order chi connectivity index (χ1) is 10.0. The van der Waals surface area contributed by atoms with E-state index in [1.807, 2.05) is 0 Å². The van der Waals surface area contributed by atoms with Gasteiger partial charge in [0.1, 0.15) is 11.6 Å². The van der Waals surface area contributed by atoms with Crippen LogP contribution in [0.1, 0.15) is 5.82 Å². The van der Waals surface area contributed by atoms with Crippen molar-refractivity contribution in [2.75, 3.05) is 0 Å². The maximum atomic E-state index is 14.0. The number of hydrogen-bond acceptors (Lipinski definition) is 1. The number of hydrogen-bond donors (Lipinski definition) is 0. The molecule has 3 rings (SSSR count). The molecule has 2 nitrogen and oxygen atoms in total. The lowest BCUT2D eigenvalue weighted by Crippen LogP contribution is -2.04. The van der Waals surface area contributed by atoms with Crippen LogP contribution in [0.2, 0.25) is 5.02 Å². The van der Waals surface area contributed by atoms with Gasteiger partial charge in [-0.3, -0.25) is 4.57 Å². The summed E-state index contributed by atoms with van der Waals surface area (Å²) in [4.78, 5) is 4.20. The quantitative estimate of drug-likeness (QED) is 0.486. The van der Waals surface area contributed by atoms with Gasteiger partial charge in [0.25, 0.3) is 0 Å². The maximum absolute atomic E-state index is 14.0. The zero-order chi connectivity index (χ0) is 15.1. The highest BCUT2D eigenvalue weighted by molar-refractivity contribution is 6.31. The van der Waals surface area contributed by atoms with Gasteiger partial charge in [0, 0.05) is 17.2 Å². The van der Waals surface area contributed by atoms with Crippen molar-refractivity contribution in [2.24, 2.45) is 0 Å². The van der Waals surface area contributed by atoms with Gasteiger partial charge in [-0.25, -0.2) is 18.2 Å². The van der Waals surface area contributed by atoms with E-state index in [2.05, 4.69) is 4.98 Å². The Morgan fingerprint density at radius 2 is 1.86 bits per heavy atom. The van der Waals surface area contributed by atoms with Crippen molar-refractivity contribution in [2.45, 2.75) is 5.88 Å². The van der Waals surface area contributed by atoms with Gasteiger partial charge in [-0.05, 0) is 18.2 Å². The van der Waals surface area contributed by atoms with Crippen molar-refractivity contribution in [3.8, 4) is 5.69 Å². The zero-order valence-electron chi connectivity index (χ0n) is 10.4. The highest BCUT2D eigenvalue weighted by Gasteiger charge is 2.18. The van der Waals surface area contributed by atoms with Gasteiger partial charge in [0.15, 0.2) is 11.6 Å². The summed E-state index contributed by atoms with van der Waals surface area (Å²) in [5, 5.41) is 0.444. The molecule has 0 spiro atoms. The first-order valence-electron chi connectivity index (χ1n) is 5.89. The number of benzene rings is 2. The Balaban J connectivity index is 2.39. The molecule has 0 saturated heterocycles. The van der Waals surface area contributed by atoms with Crippen LogP contribution < -0.4 is 0 Å². The van der Waals surface area contributed by atoms with Gasteiger partial charge in [-0.15, -0.1) is 11.6 Å². The number of halogens is 5. The highest BCUT2D eigenvalue weighted by atomic mass is 35.5. The summed E-state index contributed by atoms with van der Waals surface area (Å²) in [5.41, 5.74) is 0.633. The SMILES string of the molecule is Fc1cc(F)c(F)c(-n2c(CCl)nc3cc(Cl)ccc32)c1. The van der Waals surface area contributed by atoms with Crippen LogP contribution in [0, 0.1) is 17.5 Å². The third-order valence-corrected chi connectivity index (χ3v) is 3.49. The Morgan fingerprint density at radius 3 is 2.57 bits per heavy atom. The van der Waals surface area contributed by atoms with Crippen LogP contribution in [0.5, 0.6) is 0 Å². The summed E-state index contributed by atoms with van der Waals surface area (Å²) in [6.07, 6.45) is 0. The molecule has 1 aromatic heterocycles. The van der Waals surface area contributed by atoms with Gasteiger partial charge in [-0.1, -0.05) is 11.6 Å². The Kier molecular flexibility index (Phi) is 3.55. The molecule has 7 heteroatoms. The molecule has 1 heterocycles. The topological polar surface area (TPSA) is 17.8 Å². The summed E-state index contributed by atoms with van der Waals surface area (Å²) >= 11 is 11.7. The Labute approximate surface area is 127 Å². The Morgan fingerprint density at radius 1 is 1.10 bits per heavy atom. The van der Waals surface area contributed by atoms with E-state index in [0.29, 0.717) is 22.1 Å². The van der Waals surface area contributed by atoms with E-state index in [4.69, 9.17) is 23.2 Å². The van der Waals surface area contributed by atoms with E-state index >= 15 is 0 Å². The van der Waals surface area contributed by atoms with Crippen molar-refractivity contribution in [1.82, 2.24) is 9.55 Å². The van der Waals surface area contributed by atoms with Crippen molar-refractivity contribution in [3.05, 3.63) is 58.6 Å². The van der Waals surface area contributed by atoms with Crippen LogP contribution in [0.25, 0.3) is 16.7 Å². The molecule has 0 aliphatic carbocycles. The lowest BCUT2D eigenvalue weighted by atomic mass is 10.2. The summed E-state index contributed by atoms with van der Waals surface area (Å²) < 4.78 is 42.1. The second-order valence-corrected chi connectivity index (χ2v) is 5.05. The molecule has 0 aliphatic rings. The van der Waals surface area contributed by atoms with E-state index < -0.39 is 17.5 Å². The number of fused-ring (bicyclic) bond motifs is 1. The molecule has 0 amide bonds. The van der Waals surface area contributed by atoms with Crippen molar-refractivity contribution in [1.29, 1.82) is 0 Å². The van der Waals surface area contributed by atoms with Crippen LogP contribution in [0.15, 0.2) is 30.3 Å². The van der Waals surface area contributed by atoms with Crippen LogP contribution in [-0.4, -0.2) is 9.55 Å². The minimum atomic E-state index is -1.28. The summed E-state index contributed by atoms with van der Waals surface area (Å²) in [7, 11) is 0. The standard InChI is InChI=1S/C14H7Cl2F3N2/c15-6-13-20-10-3-7(16)1-2-11(10)21(13)12-5-8(17)4-9(18)14(12)19/h1-5H,6H2. The number of alkyl halides is 1. The average molecular weight is 331 g/mol. The van der Waals surface area contributed by atoms with Crippen molar-refractivity contribution in [3.63, 3.8) is 0 Å². The third kappa shape index (κ3) is 2.36. The first kappa shape index (κ1) is 14.2. The van der Waals surface area contributed by atoms with Crippen LogP contribution in [0.4, 0.5) is 13.2 Å². The second kappa shape index (κ2) is 5.24. The van der Waals surface area contributed by atoms with E-state index in [1.54, 1.807) is 18.2 Å². The summed E-state index contributed by atoms with van der Waals surface area (Å²) in [6, 6.07) is 6.10. The lowest BCUT2D eigenvalue weighted by Gasteiger charge is -2.10. The second-order valence-electron chi connectivity index (χ2n) is 4.35. The molecule has 2 aromatic carbocycles. The Bertz CT molecular complexity index is 846. The molecule has 0 atom stereocenters. The molecule has 0 radical (unpaired) electrons. The summed E-state index contributed by atoms with van der Waals surface area (Å²) in [6.45, 7) is 0. The van der Waals surface area contributed by atoms with Gasteiger partial charge >= 0.3 is 0 Å². The molecule has 0 saturated carbocycles. The largest absolute Gasteiger partial charge is 0.292 e. The Hall–Kier alpha value is -1.72. The molecule has 0 aliphatic heterocycles. The molecular formula is C14H7Cl2F3N2. The monoisotopic (exact) mass is 330 g/mol. The maximum Gasteiger partial charge on any atom is 0.183 e. The fraction of sp³-hybridized carbons (Fsp3) is 0.0714. The number of rotatable bonds is 2. The minimum absolute atomic E-state index is 0.0517. The fourth-order valence-corrected chi connectivity index (χ4v) is 2.51. The molecule has 0 bridgehead atoms. The molecule has 21 heavy (non-hydrogen) atoms. The van der Waals surface area contributed by atoms with Gasteiger partial charge < -0.3 is 0 Å². The molecular weight excluding hydrogens is 324 g/mol. The van der Waals surface area contributed by atoms with Gasteiger partial charge in [0.2, 0.25) is 0 Å². The van der Waals surface area contributed by atoms with Gasteiger partial charge in [0.05, 0.1) is 22.6 Å². The van der Waals surface area contributed by atoms with Crippen molar-refractivity contribution < 1.29 is 13.2 Å². The minimum Gasteiger partial charge on any atom is -0.292 e. The third-order valence-electron chi connectivity index (χ3n) is 3.02. The van der Waals surface area contributed by atoms with Crippen LogP contribution in [-0.2, 0) is 5.88 Å². The molecule has 3 aromatic rings.